The number of hydrogen-bond donors (Lipinski definition) is 2. The number of piperidine rings is 1. The summed E-state index contributed by atoms with van der Waals surface area (Å²) in [6.07, 6.45) is 1.83. The van der Waals surface area contributed by atoms with Gasteiger partial charge in [0, 0.05) is 6.54 Å². The molecule has 6 nitrogen and oxygen atoms in total. The van der Waals surface area contributed by atoms with Crippen LogP contribution in [0.2, 0.25) is 5.02 Å². The van der Waals surface area contributed by atoms with Gasteiger partial charge in [0.15, 0.2) is 0 Å². The molecule has 0 atom stereocenters. The Labute approximate surface area is 153 Å². The van der Waals surface area contributed by atoms with Crippen molar-refractivity contribution in [2.24, 2.45) is 5.41 Å². The molecule has 1 heterocycles. The van der Waals surface area contributed by atoms with Crippen molar-refractivity contribution < 1.29 is 17.9 Å². The first-order valence-corrected chi connectivity index (χ1v) is 9.22. The minimum atomic E-state index is -3.68. The van der Waals surface area contributed by atoms with Gasteiger partial charge in [0.25, 0.3) is 0 Å². The van der Waals surface area contributed by atoms with Crippen molar-refractivity contribution in [2.45, 2.75) is 24.7 Å². The van der Waals surface area contributed by atoms with Crippen molar-refractivity contribution >= 4 is 40.0 Å². The van der Waals surface area contributed by atoms with Gasteiger partial charge in [0.05, 0.1) is 22.6 Å². The predicted octanol–water partition coefficient (Wildman–Crippen LogP) is 2.22. The zero-order valence-corrected chi connectivity index (χ0v) is 16.0. The number of rotatable bonds is 5. The standard InChI is InChI=1S/C15H21ClN2O4S.ClH/c1-15(5-7-17-8-6-15)10-18-23(20,21)11-3-4-12(13(16)9-11)14(19)22-2;/h3-4,9,17-18H,5-8,10H2,1-2H3;1H. The molecule has 1 aliphatic heterocycles. The van der Waals surface area contributed by atoms with Crippen molar-refractivity contribution in [2.75, 3.05) is 26.7 Å². The fraction of sp³-hybridized carbons (Fsp3) is 0.533. The Kier molecular flexibility index (Phi) is 7.49. The van der Waals surface area contributed by atoms with E-state index in [1.54, 1.807) is 0 Å². The van der Waals surface area contributed by atoms with E-state index < -0.39 is 16.0 Å². The number of sulfonamides is 1. The van der Waals surface area contributed by atoms with Gasteiger partial charge >= 0.3 is 5.97 Å². The van der Waals surface area contributed by atoms with Crippen molar-refractivity contribution in [3.63, 3.8) is 0 Å². The maximum atomic E-state index is 12.4. The summed E-state index contributed by atoms with van der Waals surface area (Å²) in [5, 5.41) is 3.31. The highest BCUT2D eigenvalue weighted by atomic mass is 35.5. The van der Waals surface area contributed by atoms with Gasteiger partial charge in [-0.25, -0.2) is 17.9 Å². The van der Waals surface area contributed by atoms with Crippen molar-refractivity contribution in [3.8, 4) is 0 Å². The third kappa shape index (κ3) is 5.07. The molecule has 2 rings (SSSR count). The molecule has 136 valence electrons. The third-order valence-electron chi connectivity index (χ3n) is 4.16. The number of hydrogen-bond acceptors (Lipinski definition) is 5. The second kappa shape index (κ2) is 8.49. The van der Waals surface area contributed by atoms with Crippen LogP contribution >= 0.6 is 24.0 Å². The normalized spacial score (nSPS) is 17.0. The Morgan fingerprint density at radius 3 is 2.54 bits per heavy atom. The maximum Gasteiger partial charge on any atom is 0.339 e. The molecule has 1 fully saturated rings. The van der Waals surface area contributed by atoms with Gasteiger partial charge in [0.1, 0.15) is 0 Å². The highest BCUT2D eigenvalue weighted by Gasteiger charge is 2.29. The molecular formula is C15H22Cl2N2O4S. The summed E-state index contributed by atoms with van der Waals surface area (Å²) in [7, 11) is -2.44. The summed E-state index contributed by atoms with van der Waals surface area (Å²) in [6.45, 7) is 4.22. The molecule has 0 aliphatic carbocycles. The van der Waals surface area contributed by atoms with E-state index in [9.17, 15) is 13.2 Å². The molecule has 24 heavy (non-hydrogen) atoms. The quantitative estimate of drug-likeness (QED) is 0.745. The Bertz CT molecular complexity index is 689. The molecule has 0 radical (unpaired) electrons. The summed E-state index contributed by atoms with van der Waals surface area (Å²) >= 11 is 5.98. The lowest BCUT2D eigenvalue weighted by Crippen LogP contribution is -2.42. The monoisotopic (exact) mass is 396 g/mol. The maximum absolute atomic E-state index is 12.4. The van der Waals surface area contributed by atoms with E-state index >= 15 is 0 Å². The number of benzene rings is 1. The summed E-state index contributed by atoms with van der Waals surface area (Å²) < 4.78 is 32.1. The molecule has 0 saturated carbocycles. The van der Waals surface area contributed by atoms with Crippen molar-refractivity contribution in [1.82, 2.24) is 10.0 Å². The van der Waals surface area contributed by atoms with Crippen LogP contribution in [0, 0.1) is 5.41 Å². The Hall–Kier alpha value is -0.860. The van der Waals surface area contributed by atoms with Gasteiger partial charge in [0.2, 0.25) is 10.0 Å². The number of carbonyl (C=O) groups is 1. The first kappa shape index (κ1) is 21.2. The van der Waals surface area contributed by atoms with Crippen LogP contribution in [-0.2, 0) is 14.8 Å². The molecule has 0 spiro atoms. The fourth-order valence-electron chi connectivity index (χ4n) is 2.50. The van der Waals surface area contributed by atoms with Crippen LogP contribution < -0.4 is 10.0 Å². The molecule has 0 amide bonds. The summed E-state index contributed by atoms with van der Waals surface area (Å²) in [4.78, 5) is 11.5. The first-order chi connectivity index (χ1) is 10.8. The van der Waals surface area contributed by atoms with E-state index in [-0.39, 0.29) is 33.3 Å². The minimum Gasteiger partial charge on any atom is -0.465 e. The number of halogens is 2. The second-order valence-electron chi connectivity index (χ2n) is 6.02. The van der Waals surface area contributed by atoms with Crippen LogP contribution in [0.5, 0.6) is 0 Å². The molecule has 0 aromatic heterocycles. The lowest BCUT2D eigenvalue weighted by Gasteiger charge is -2.34. The van der Waals surface area contributed by atoms with Crippen LogP contribution in [-0.4, -0.2) is 41.1 Å². The minimum absolute atomic E-state index is 0. The lowest BCUT2D eigenvalue weighted by atomic mass is 9.81. The second-order valence-corrected chi connectivity index (χ2v) is 8.19. The van der Waals surface area contributed by atoms with Gasteiger partial charge in [-0.3, -0.25) is 0 Å². The van der Waals surface area contributed by atoms with Gasteiger partial charge in [-0.2, -0.15) is 0 Å². The van der Waals surface area contributed by atoms with Crippen molar-refractivity contribution in [3.05, 3.63) is 28.8 Å². The lowest BCUT2D eigenvalue weighted by molar-refractivity contribution is 0.0601. The Balaban J connectivity index is 0.00000288. The van der Waals surface area contributed by atoms with E-state index in [0.717, 1.165) is 25.9 Å². The zero-order valence-electron chi connectivity index (χ0n) is 13.6. The average Bonchev–Trinajstić information content (AvgIpc) is 2.53. The number of nitrogens with one attached hydrogen (secondary N) is 2. The van der Waals surface area contributed by atoms with Crippen LogP contribution in [0.15, 0.2) is 23.1 Å². The SMILES string of the molecule is COC(=O)c1ccc(S(=O)(=O)NCC2(C)CCNCC2)cc1Cl.Cl. The van der Waals surface area contributed by atoms with Crippen LogP contribution in [0.4, 0.5) is 0 Å². The summed E-state index contributed by atoms with van der Waals surface area (Å²) in [6, 6.07) is 3.97. The predicted molar refractivity (Wildman–Crippen MR) is 95.4 cm³/mol. The van der Waals surface area contributed by atoms with Gasteiger partial charge in [-0.05, 0) is 49.5 Å². The number of esters is 1. The molecular weight excluding hydrogens is 375 g/mol. The van der Waals surface area contributed by atoms with E-state index in [4.69, 9.17) is 11.6 Å². The van der Waals surface area contributed by atoms with E-state index in [1.807, 2.05) is 0 Å². The van der Waals surface area contributed by atoms with E-state index in [2.05, 4.69) is 21.7 Å². The van der Waals surface area contributed by atoms with Gasteiger partial charge in [-0.1, -0.05) is 18.5 Å². The summed E-state index contributed by atoms with van der Waals surface area (Å²) in [5.74, 6) is -0.603. The fourth-order valence-corrected chi connectivity index (χ4v) is 4.05. The first-order valence-electron chi connectivity index (χ1n) is 7.36. The van der Waals surface area contributed by atoms with Crippen LogP contribution in [0.3, 0.4) is 0 Å². The third-order valence-corrected chi connectivity index (χ3v) is 5.87. The van der Waals surface area contributed by atoms with Gasteiger partial charge < -0.3 is 10.1 Å². The zero-order chi connectivity index (χ0) is 17.1. The van der Waals surface area contributed by atoms with Crippen LogP contribution in [0.25, 0.3) is 0 Å². The molecule has 2 N–H and O–H groups in total. The molecule has 1 aromatic carbocycles. The average molecular weight is 397 g/mol. The van der Waals surface area contributed by atoms with E-state index in [1.165, 1.54) is 25.3 Å². The van der Waals surface area contributed by atoms with Crippen molar-refractivity contribution in [1.29, 1.82) is 0 Å². The molecule has 1 saturated heterocycles. The van der Waals surface area contributed by atoms with Crippen LogP contribution in [0.1, 0.15) is 30.1 Å². The highest BCUT2D eigenvalue weighted by molar-refractivity contribution is 7.89. The molecule has 0 bridgehead atoms. The number of carbonyl (C=O) groups excluding carboxylic acids is 1. The Morgan fingerprint density at radius 1 is 1.38 bits per heavy atom. The Morgan fingerprint density at radius 2 is 2.00 bits per heavy atom. The highest BCUT2D eigenvalue weighted by Crippen LogP contribution is 2.28. The molecule has 0 unspecified atom stereocenters. The van der Waals surface area contributed by atoms with Gasteiger partial charge in [-0.15, -0.1) is 12.4 Å². The molecule has 9 heteroatoms. The number of ether oxygens (including phenoxy) is 1. The van der Waals surface area contributed by atoms with E-state index in [0.29, 0.717) is 6.54 Å². The largest absolute Gasteiger partial charge is 0.465 e. The molecule has 1 aromatic rings. The topological polar surface area (TPSA) is 84.5 Å². The smallest absolute Gasteiger partial charge is 0.339 e. The number of methoxy groups -OCH3 is 1. The summed E-state index contributed by atoms with van der Waals surface area (Å²) in [5.41, 5.74) is 0.0760. The molecule has 1 aliphatic rings.